The van der Waals surface area contributed by atoms with Crippen molar-refractivity contribution in [2.45, 2.75) is 12.5 Å². The molecule has 0 aliphatic heterocycles. The zero-order valence-corrected chi connectivity index (χ0v) is 11.8. The minimum Gasteiger partial charge on any atom is -0.320 e. The monoisotopic (exact) mass is 276 g/mol. The van der Waals surface area contributed by atoms with Crippen LogP contribution in [-0.2, 0) is 5.54 Å². The van der Waals surface area contributed by atoms with Crippen LogP contribution in [0.5, 0.6) is 0 Å². The second-order valence-corrected chi connectivity index (χ2v) is 5.10. The summed E-state index contributed by atoms with van der Waals surface area (Å²) < 4.78 is 1.86. The van der Waals surface area contributed by atoms with Crippen molar-refractivity contribution in [1.82, 2.24) is 9.55 Å². The molecule has 3 heteroatoms. The summed E-state index contributed by atoms with van der Waals surface area (Å²) in [4.78, 5) is 17.2. The molecule has 3 aromatic rings. The Morgan fingerprint density at radius 2 is 1.62 bits per heavy atom. The van der Waals surface area contributed by atoms with Crippen LogP contribution in [0.15, 0.2) is 79.4 Å². The van der Waals surface area contributed by atoms with Gasteiger partial charge in [0.2, 0.25) is 0 Å². The SMILES string of the molecule is CC(C(=O)c1ccccc1)(c1ccccc1)n1ccnc1. The normalized spacial score (nSPS) is 13.6. The van der Waals surface area contributed by atoms with Crippen LogP contribution in [0.25, 0.3) is 0 Å². The van der Waals surface area contributed by atoms with Gasteiger partial charge >= 0.3 is 0 Å². The zero-order chi connectivity index (χ0) is 14.7. The van der Waals surface area contributed by atoms with Crippen molar-refractivity contribution >= 4 is 5.78 Å². The fourth-order valence-electron chi connectivity index (χ4n) is 2.55. The minimum atomic E-state index is -0.806. The third kappa shape index (κ3) is 2.27. The number of Topliss-reactive ketones (excluding diaryl/α,β-unsaturated/α-hetero) is 1. The first-order valence-corrected chi connectivity index (χ1v) is 6.87. The highest BCUT2D eigenvalue weighted by molar-refractivity contribution is 6.03. The Morgan fingerprint density at radius 3 is 2.19 bits per heavy atom. The summed E-state index contributed by atoms with van der Waals surface area (Å²) in [6.45, 7) is 1.93. The van der Waals surface area contributed by atoms with Crippen molar-refractivity contribution in [3.8, 4) is 0 Å². The van der Waals surface area contributed by atoms with E-state index in [-0.39, 0.29) is 5.78 Å². The summed E-state index contributed by atoms with van der Waals surface area (Å²) in [5.74, 6) is 0.0484. The fourth-order valence-corrected chi connectivity index (χ4v) is 2.55. The number of rotatable bonds is 4. The molecule has 104 valence electrons. The van der Waals surface area contributed by atoms with Crippen LogP contribution in [-0.4, -0.2) is 15.3 Å². The maximum Gasteiger partial charge on any atom is 0.193 e. The van der Waals surface area contributed by atoms with E-state index in [0.29, 0.717) is 5.56 Å². The van der Waals surface area contributed by atoms with E-state index in [9.17, 15) is 4.79 Å². The highest BCUT2D eigenvalue weighted by atomic mass is 16.1. The van der Waals surface area contributed by atoms with Crippen LogP contribution in [0.2, 0.25) is 0 Å². The van der Waals surface area contributed by atoms with Gasteiger partial charge in [-0.05, 0) is 12.5 Å². The van der Waals surface area contributed by atoms with Gasteiger partial charge in [-0.2, -0.15) is 0 Å². The molecule has 0 aliphatic rings. The zero-order valence-electron chi connectivity index (χ0n) is 11.8. The Labute approximate surface area is 123 Å². The van der Waals surface area contributed by atoms with Gasteiger partial charge in [0.15, 0.2) is 5.78 Å². The van der Waals surface area contributed by atoms with Gasteiger partial charge in [0, 0.05) is 18.0 Å². The van der Waals surface area contributed by atoms with Crippen LogP contribution >= 0.6 is 0 Å². The van der Waals surface area contributed by atoms with Gasteiger partial charge in [0.05, 0.1) is 6.33 Å². The smallest absolute Gasteiger partial charge is 0.193 e. The largest absolute Gasteiger partial charge is 0.320 e. The Bertz CT molecular complexity index is 720. The van der Waals surface area contributed by atoms with Crippen molar-refractivity contribution < 1.29 is 4.79 Å². The van der Waals surface area contributed by atoms with E-state index in [4.69, 9.17) is 0 Å². The number of benzene rings is 2. The molecule has 1 atom stereocenters. The lowest BCUT2D eigenvalue weighted by molar-refractivity contribution is 0.0870. The molecule has 3 rings (SSSR count). The molecule has 0 saturated heterocycles. The summed E-state index contributed by atoms with van der Waals surface area (Å²) >= 11 is 0. The molecule has 0 spiro atoms. The maximum atomic E-state index is 13.1. The topological polar surface area (TPSA) is 34.9 Å². The first-order chi connectivity index (χ1) is 10.2. The Hall–Kier alpha value is -2.68. The lowest BCUT2D eigenvalue weighted by Crippen LogP contribution is -2.39. The van der Waals surface area contributed by atoms with Gasteiger partial charge in [0.1, 0.15) is 5.54 Å². The molecule has 21 heavy (non-hydrogen) atoms. The van der Waals surface area contributed by atoms with Crippen molar-refractivity contribution in [2.75, 3.05) is 0 Å². The van der Waals surface area contributed by atoms with E-state index in [0.717, 1.165) is 5.56 Å². The number of carbonyl (C=O) groups excluding carboxylic acids is 1. The predicted octanol–water partition coefficient (Wildman–Crippen LogP) is 3.53. The Kier molecular flexibility index (Phi) is 3.40. The fraction of sp³-hybridized carbons (Fsp3) is 0.111. The summed E-state index contributed by atoms with van der Waals surface area (Å²) in [5.41, 5.74) is 0.827. The number of hydrogen-bond acceptors (Lipinski definition) is 2. The molecule has 0 radical (unpaired) electrons. The van der Waals surface area contributed by atoms with Gasteiger partial charge in [-0.15, -0.1) is 0 Å². The highest BCUT2D eigenvalue weighted by Crippen LogP contribution is 2.30. The van der Waals surface area contributed by atoms with Gasteiger partial charge in [-0.1, -0.05) is 60.7 Å². The van der Waals surface area contributed by atoms with E-state index in [1.165, 1.54) is 0 Å². The van der Waals surface area contributed by atoms with E-state index in [2.05, 4.69) is 4.98 Å². The van der Waals surface area contributed by atoms with Crippen LogP contribution in [0.3, 0.4) is 0 Å². The maximum absolute atomic E-state index is 13.1. The van der Waals surface area contributed by atoms with E-state index < -0.39 is 5.54 Å². The molecule has 0 aliphatic carbocycles. The Balaban J connectivity index is 2.16. The van der Waals surface area contributed by atoms with Crippen LogP contribution in [0.4, 0.5) is 0 Å². The quantitative estimate of drug-likeness (QED) is 0.683. The average Bonchev–Trinajstić information content (AvgIpc) is 3.10. The highest BCUT2D eigenvalue weighted by Gasteiger charge is 2.37. The molecular formula is C18H16N2O. The van der Waals surface area contributed by atoms with E-state index >= 15 is 0 Å². The molecule has 1 aromatic heterocycles. The molecule has 3 nitrogen and oxygen atoms in total. The predicted molar refractivity (Wildman–Crippen MR) is 82.2 cm³/mol. The third-order valence-corrected chi connectivity index (χ3v) is 3.83. The lowest BCUT2D eigenvalue weighted by atomic mass is 9.84. The second kappa shape index (κ2) is 5.37. The molecule has 0 amide bonds. The number of aromatic nitrogens is 2. The molecule has 0 fully saturated rings. The van der Waals surface area contributed by atoms with Gasteiger partial charge in [0.25, 0.3) is 0 Å². The van der Waals surface area contributed by atoms with Gasteiger partial charge < -0.3 is 4.57 Å². The third-order valence-electron chi connectivity index (χ3n) is 3.83. The second-order valence-electron chi connectivity index (χ2n) is 5.10. The number of hydrogen-bond donors (Lipinski definition) is 0. The molecule has 0 saturated carbocycles. The molecule has 0 N–H and O–H groups in total. The summed E-state index contributed by atoms with van der Waals surface area (Å²) in [6.07, 6.45) is 5.21. The molecule has 1 unspecified atom stereocenters. The number of nitrogens with zero attached hydrogens (tertiary/aromatic N) is 2. The molecule has 1 heterocycles. The minimum absolute atomic E-state index is 0.0484. The van der Waals surface area contributed by atoms with Crippen molar-refractivity contribution in [3.63, 3.8) is 0 Å². The van der Waals surface area contributed by atoms with Crippen LogP contribution in [0.1, 0.15) is 22.8 Å². The summed E-state index contributed by atoms with van der Waals surface area (Å²) in [5, 5.41) is 0. The van der Waals surface area contributed by atoms with Crippen molar-refractivity contribution in [1.29, 1.82) is 0 Å². The lowest BCUT2D eigenvalue weighted by Gasteiger charge is -2.30. The number of carbonyl (C=O) groups is 1. The Morgan fingerprint density at radius 1 is 1.00 bits per heavy atom. The standard InChI is InChI=1S/C18H16N2O/c1-18(20-13-12-19-14-20,16-10-6-3-7-11-16)17(21)15-8-4-2-5-9-15/h2-14H,1H3. The first-order valence-electron chi connectivity index (χ1n) is 6.87. The van der Waals surface area contributed by atoms with Crippen molar-refractivity contribution in [3.05, 3.63) is 90.5 Å². The summed E-state index contributed by atoms with van der Waals surface area (Å²) in [6, 6.07) is 19.2. The first kappa shape index (κ1) is 13.3. The van der Waals surface area contributed by atoms with Gasteiger partial charge in [-0.25, -0.2) is 4.98 Å². The average molecular weight is 276 g/mol. The molecule has 0 bridgehead atoms. The van der Waals surface area contributed by atoms with Crippen LogP contribution in [0, 0.1) is 0 Å². The summed E-state index contributed by atoms with van der Waals surface area (Å²) in [7, 11) is 0. The van der Waals surface area contributed by atoms with Crippen LogP contribution < -0.4 is 0 Å². The molecular weight excluding hydrogens is 260 g/mol. The van der Waals surface area contributed by atoms with Gasteiger partial charge in [-0.3, -0.25) is 4.79 Å². The molecule has 2 aromatic carbocycles. The van der Waals surface area contributed by atoms with E-state index in [1.54, 1.807) is 12.5 Å². The number of ketones is 1. The van der Waals surface area contributed by atoms with E-state index in [1.807, 2.05) is 78.4 Å². The van der Waals surface area contributed by atoms with Crippen molar-refractivity contribution in [2.24, 2.45) is 0 Å². The number of imidazole rings is 1.